The molecule has 2 aromatic carbocycles. The molecule has 0 aromatic heterocycles. The van der Waals surface area contributed by atoms with Gasteiger partial charge in [-0.2, -0.15) is 0 Å². The molecule has 0 radical (unpaired) electrons. The normalized spacial score (nSPS) is 12.8. The third-order valence-electron chi connectivity index (χ3n) is 4.88. The molecule has 9 nitrogen and oxygen atoms in total. The zero-order valence-corrected chi connectivity index (χ0v) is 20.4. The smallest absolute Gasteiger partial charge is 0.408 e. The lowest BCUT2D eigenvalue weighted by molar-refractivity contribution is -0.140. The van der Waals surface area contributed by atoms with Gasteiger partial charge in [-0.1, -0.05) is 18.2 Å². The number of carbonyl (C=O) groups is 3. The Labute approximate surface area is 200 Å². The Morgan fingerprint density at radius 2 is 1.68 bits per heavy atom. The Balaban J connectivity index is 2.33. The molecule has 2 atom stereocenters. The Morgan fingerprint density at radius 1 is 1.06 bits per heavy atom. The fraction of sp³-hybridized carbons (Fsp3) is 0.400. The van der Waals surface area contributed by atoms with Crippen LogP contribution in [0, 0.1) is 0 Å². The van der Waals surface area contributed by atoms with Crippen LogP contribution in [0.5, 0.6) is 11.5 Å². The maximum atomic E-state index is 13.4. The van der Waals surface area contributed by atoms with Gasteiger partial charge < -0.3 is 30.1 Å². The van der Waals surface area contributed by atoms with Gasteiger partial charge in [0, 0.05) is 17.8 Å². The zero-order valence-electron chi connectivity index (χ0n) is 20.4. The summed E-state index contributed by atoms with van der Waals surface area (Å²) in [5.74, 6) is -0.531. The first-order chi connectivity index (χ1) is 16.0. The molecule has 0 aliphatic heterocycles. The molecule has 0 aliphatic carbocycles. The van der Waals surface area contributed by atoms with Crippen molar-refractivity contribution in [2.75, 3.05) is 19.0 Å². The first-order valence-corrected chi connectivity index (χ1v) is 11.0. The summed E-state index contributed by atoms with van der Waals surface area (Å²) in [5.41, 5.74) is 0.0244. The maximum Gasteiger partial charge on any atom is 0.408 e. The Bertz CT molecular complexity index is 1000. The quantitative estimate of drug-likeness (QED) is 0.539. The summed E-state index contributed by atoms with van der Waals surface area (Å²) in [6, 6.07) is 10.9. The summed E-state index contributed by atoms with van der Waals surface area (Å²) in [6.07, 6.45) is -0.744. The summed E-state index contributed by atoms with van der Waals surface area (Å²) < 4.78 is 10.4. The van der Waals surface area contributed by atoms with Crippen LogP contribution in [-0.4, -0.2) is 53.2 Å². The number of anilines is 1. The number of methoxy groups -OCH3 is 1. The summed E-state index contributed by atoms with van der Waals surface area (Å²) in [7, 11) is 1.54. The predicted octanol–water partition coefficient (Wildman–Crippen LogP) is 3.84. The van der Waals surface area contributed by atoms with E-state index < -0.39 is 35.6 Å². The van der Waals surface area contributed by atoms with Crippen molar-refractivity contribution < 1.29 is 29.0 Å². The van der Waals surface area contributed by atoms with Gasteiger partial charge in [0.25, 0.3) is 5.91 Å². The second kappa shape index (κ2) is 11.4. The number of hydrogen-bond donors (Lipinski definition) is 3. The van der Waals surface area contributed by atoms with E-state index in [4.69, 9.17) is 9.47 Å². The van der Waals surface area contributed by atoms with E-state index in [9.17, 15) is 19.5 Å². The van der Waals surface area contributed by atoms with E-state index in [-0.39, 0.29) is 17.9 Å². The molecule has 0 bridgehead atoms. The fourth-order valence-electron chi connectivity index (χ4n) is 3.31. The lowest BCUT2D eigenvalue weighted by atomic mass is 10.0. The molecule has 0 aliphatic rings. The number of nitrogens with one attached hydrogen (secondary N) is 2. The predicted molar refractivity (Wildman–Crippen MR) is 129 cm³/mol. The highest BCUT2D eigenvalue weighted by Crippen LogP contribution is 2.30. The van der Waals surface area contributed by atoms with Crippen LogP contribution in [0.4, 0.5) is 10.5 Å². The molecule has 0 heterocycles. The third kappa shape index (κ3) is 7.13. The van der Waals surface area contributed by atoms with Crippen molar-refractivity contribution in [3.63, 3.8) is 0 Å². The molecule has 0 saturated carbocycles. The SMILES string of the molecule is CCN(C(=O)C(C)NC(=O)OC(C)(C)C)C(C(=O)Nc1ccc(OC)cc1)c1ccccc1O. The molecule has 0 fully saturated rings. The van der Waals surface area contributed by atoms with Crippen molar-refractivity contribution in [1.82, 2.24) is 10.2 Å². The first kappa shape index (κ1) is 26.5. The Morgan fingerprint density at radius 3 is 2.21 bits per heavy atom. The van der Waals surface area contributed by atoms with E-state index >= 15 is 0 Å². The van der Waals surface area contributed by atoms with Crippen molar-refractivity contribution in [1.29, 1.82) is 0 Å². The van der Waals surface area contributed by atoms with Crippen molar-refractivity contribution in [2.45, 2.75) is 52.3 Å². The molecule has 3 N–H and O–H groups in total. The van der Waals surface area contributed by atoms with Gasteiger partial charge in [-0.15, -0.1) is 0 Å². The van der Waals surface area contributed by atoms with Crippen molar-refractivity contribution in [3.8, 4) is 11.5 Å². The van der Waals surface area contributed by atoms with Crippen molar-refractivity contribution >= 4 is 23.6 Å². The summed E-state index contributed by atoms with van der Waals surface area (Å²) in [6.45, 7) is 8.53. The highest BCUT2D eigenvalue weighted by Gasteiger charge is 2.35. The number of amides is 3. The summed E-state index contributed by atoms with van der Waals surface area (Å²) in [5, 5.41) is 15.8. The molecule has 0 spiro atoms. The minimum atomic E-state index is -1.15. The molecule has 184 valence electrons. The van der Waals surface area contributed by atoms with E-state index in [0.717, 1.165) is 0 Å². The number of aromatic hydroxyl groups is 1. The monoisotopic (exact) mass is 471 g/mol. The van der Waals surface area contributed by atoms with Gasteiger partial charge in [-0.25, -0.2) is 4.79 Å². The minimum Gasteiger partial charge on any atom is -0.508 e. The van der Waals surface area contributed by atoms with Crippen LogP contribution in [0.25, 0.3) is 0 Å². The van der Waals surface area contributed by atoms with Crippen molar-refractivity contribution in [3.05, 3.63) is 54.1 Å². The molecular formula is C25H33N3O6. The minimum absolute atomic E-state index is 0.128. The lowest BCUT2D eigenvalue weighted by Crippen LogP contribution is -2.51. The number of carbonyl (C=O) groups excluding carboxylic acids is 3. The van der Waals surface area contributed by atoms with Crippen LogP contribution in [0.15, 0.2) is 48.5 Å². The molecule has 3 amide bonds. The van der Waals surface area contributed by atoms with Crippen LogP contribution in [0.2, 0.25) is 0 Å². The summed E-state index contributed by atoms with van der Waals surface area (Å²) >= 11 is 0. The molecular weight excluding hydrogens is 438 g/mol. The Hall–Kier alpha value is -3.75. The van der Waals surface area contributed by atoms with Crippen LogP contribution in [-0.2, 0) is 14.3 Å². The second-order valence-electron chi connectivity index (χ2n) is 8.67. The maximum absolute atomic E-state index is 13.4. The zero-order chi connectivity index (χ0) is 25.5. The van der Waals surface area contributed by atoms with E-state index in [0.29, 0.717) is 11.4 Å². The molecule has 2 rings (SSSR count). The van der Waals surface area contributed by atoms with E-state index in [1.54, 1.807) is 77.3 Å². The number of para-hydroxylation sites is 1. The highest BCUT2D eigenvalue weighted by atomic mass is 16.6. The first-order valence-electron chi connectivity index (χ1n) is 11.0. The van der Waals surface area contributed by atoms with Crippen molar-refractivity contribution in [2.24, 2.45) is 0 Å². The van der Waals surface area contributed by atoms with Gasteiger partial charge in [0.05, 0.1) is 7.11 Å². The largest absolute Gasteiger partial charge is 0.508 e. The molecule has 34 heavy (non-hydrogen) atoms. The number of hydrogen-bond acceptors (Lipinski definition) is 6. The average molecular weight is 472 g/mol. The Kier molecular flexibility index (Phi) is 8.89. The van der Waals surface area contributed by atoms with Gasteiger partial charge in [-0.05, 0) is 65.0 Å². The van der Waals surface area contributed by atoms with Crippen LogP contribution in [0.1, 0.15) is 46.2 Å². The number of phenols is 1. The van der Waals surface area contributed by atoms with Gasteiger partial charge in [-0.3, -0.25) is 9.59 Å². The number of likely N-dealkylation sites (N-methyl/N-ethyl adjacent to an activating group) is 1. The topological polar surface area (TPSA) is 117 Å². The van der Waals surface area contributed by atoms with E-state index in [1.807, 2.05) is 0 Å². The molecule has 9 heteroatoms. The van der Waals surface area contributed by atoms with E-state index in [2.05, 4.69) is 10.6 Å². The second-order valence-corrected chi connectivity index (χ2v) is 8.67. The molecule has 2 aromatic rings. The highest BCUT2D eigenvalue weighted by molar-refractivity contribution is 5.99. The average Bonchev–Trinajstić information content (AvgIpc) is 2.76. The van der Waals surface area contributed by atoms with Gasteiger partial charge in [0.15, 0.2) is 0 Å². The lowest BCUT2D eigenvalue weighted by Gasteiger charge is -2.33. The number of benzene rings is 2. The van der Waals surface area contributed by atoms with Crippen LogP contribution < -0.4 is 15.4 Å². The molecule has 0 saturated heterocycles. The third-order valence-corrected chi connectivity index (χ3v) is 4.88. The van der Waals surface area contributed by atoms with E-state index in [1.165, 1.54) is 17.9 Å². The number of rotatable bonds is 8. The van der Waals surface area contributed by atoms with Gasteiger partial charge in [0.2, 0.25) is 5.91 Å². The number of ether oxygens (including phenoxy) is 2. The van der Waals surface area contributed by atoms with Gasteiger partial charge in [0.1, 0.15) is 29.2 Å². The number of nitrogens with zero attached hydrogens (tertiary/aromatic N) is 1. The van der Waals surface area contributed by atoms with Gasteiger partial charge >= 0.3 is 6.09 Å². The fourth-order valence-corrected chi connectivity index (χ4v) is 3.31. The molecule has 2 unspecified atom stereocenters. The van der Waals surface area contributed by atoms with Crippen LogP contribution >= 0.6 is 0 Å². The number of alkyl carbamates (subject to hydrolysis) is 1. The number of phenolic OH excluding ortho intramolecular Hbond substituents is 1. The van der Waals surface area contributed by atoms with Crippen LogP contribution in [0.3, 0.4) is 0 Å². The summed E-state index contributed by atoms with van der Waals surface area (Å²) in [4.78, 5) is 40.2. The standard InChI is InChI=1S/C25H33N3O6/c1-7-28(23(31)16(2)26-24(32)34-25(3,4)5)21(19-10-8-9-11-20(19)29)22(30)27-17-12-14-18(33-6)15-13-17/h8-16,21,29H,7H2,1-6H3,(H,26,32)(H,27,30).